The van der Waals surface area contributed by atoms with Crippen molar-refractivity contribution in [2.45, 2.75) is 26.2 Å². The lowest BCUT2D eigenvalue weighted by atomic mass is 9.87. The molecule has 0 aliphatic heterocycles. The van der Waals surface area contributed by atoms with Gasteiger partial charge in [0.1, 0.15) is 0 Å². The summed E-state index contributed by atoms with van der Waals surface area (Å²) in [5, 5.41) is 8.41. The van der Waals surface area contributed by atoms with Gasteiger partial charge in [-0.1, -0.05) is 51.1 Å². The second-order valence-corrected chi connectivity index (χ2v) is 9.29. The Morgan fingerprint density at radius 1 is 0.639 bits per heavy atom. The number of para-hydroxylation sites is 2. The molecule has 3 N–H and O–H groups in total. The van der Waals surface area contributed by atoms with Gasteiger partial charge in [0, 0.05) is 16.8 Å². The third-order valence-corrected chi connectivity index (χ3v) is 5.56. The summed E-state index contributed by atoms with van der Waals surface area (Å²) >= 11 is 0. The number of nitrogens with one attached hydrogen (secondary N) is 3. The van der Waals surface area contributed by atoms with E-state index in [9.17, 15) is 14.4 Å². The summed E-state index contributed by atoms with van der Waals surface area (Å²) in [4.78, 5) is 38.1. The van der Waals surface area contributed by atoms with Crippen LogP contribution < -0.4 is 16.0 Å². The summed E-state index contributed by atoms with van der Waals surface area (Å²) < 4.78 is 5.10. The number of benzene rings is 3. The second kappa shape index (κ2) is 10.3. The summed E-state index contributed by atoms with van der Waals surface area (Å²) in [6, 6.07) is 24.2. The van der Waals surface area contributed by atoms with Gasteiger partial charge in [0.2, 0.25) is 0 Å². The Kier molecular flexibility index (Phi) is 7.01. The SMILES string of the molecule is CC(C)(C)c1ccc(C(=O)Nc2ccccc2NC(=O)c2cccc(NC(=O)c3ccco3)c2)cc1. The van der Waals surface area contributed by atoms with E-state index >= 15 is 0 Å². The zero-order chi connectivity index (χ0) is 25.7. The van der Waals surface area contributed by atoms with Crippen LogP contribution in [0.15, 0.2) is 95.6 Å². The topological polar surface area (TPSA) is 100 Å². The number of hydrogen-bond donors (Lipinski definition) is 3. The van der Waals surface area contributed by atoms with Crippen LogP contribution in [0.3, 0.4) is 0 Å². The van der Waals surface area contributed by atoms with Crippen LogP contribution in [0.25, 0.3) is 0 Å². The largest absolute Gasteiger partial charge is 0.459 e. The van der Waals surface area contributed by atoms with Crippen LogP contribution in [0.5, 0.6) is 0 Å². The molecule has 0 aliphatic rings. The molecule has 36 heavy (non-hydrogen) atoms. The molecule has 0 bridgehead atoms. The molecule has 4 aromatic rings. The van der Waals surface area contributed by atoms with Gasteiger partial charge in [-0.15, -0.1) is 0 Å². The molecular weight excluding hydrogens is 454 g/mol. The molecule has 0 saturated heterocycles. The van der Waals surface area contributed by atoms with Crippen molar-refractivity contribution in [2.75, 3.05) is 16.0 Å². The zero-order valence-electron chi connectivity index (χ0n) is 20.3. The van der Waals surface area contributed by atoms with Gasteiger partial charge in [-0.25, -0.2) is 0 Å². The van der Waals surface area contributed by atoms with Crippen molar-refractivity contribution in [3.63, 3.8) is 0 Å². The van der Waals surface area contributed by atoms with Crippen molar-refractivity contribution in [1.82, 2.24) is 0 Å². The maximum Gasteiger partial charge on any atom is 0.291 e. The highest BCUT2D eigenvalue weighted by Crippen LogP contribution is 2.25. The minimum atomic E-state index is -0.416. The monoisotopic (exact) mass is 481 g/mol. The molecule has 0 atom stereocenters. The predicted molar refractivity (Wildman–Crippen MR) is 141 cm³/mol. The number of rotatable bonds is 6. The first-order valence-corrected chi connectivity index (χ1v) is 11.5. The maximum absolute atomic E-state index is 13.0. The van der Waals surface area contributed by atoms with Crippen LogP contribution in [0.1, 0.15) is 57.6 Å². The lowest BCUT2D eigenvalue weighted by Gasteiger charge is -2.19. The quantitative estimate of drug-likeness (QED) is 0.299. The molecule has 7 heteroatoms. The highest BCUT2D eigenvalue weighted by molar-refractivity contribution is 6.10. The van der Waals surface area contributed by atoms with Gasteiger partial charge >= 0.3 is 0 Å². The van der Waals surface area contributed by atoms with Gasteiger partial charge in [-0.3, -0.25) is 14.4 Å². The van der Waals surface area contributed by atoms with Gasteiger partial charge in [0.05, 0.1) is 17.6 Å². The Bertz CT molecular complexity index is 1380. The van der Waals surface area contributed by atoms with E-state index in [4.69, 9.17) is 4.42 Å². The maximum atomic E-state index is 13.0. The molecular formula is C29H27N3O4. The van der Waals surface area contributed by atoms with Crippen molar-refractivity contribution in [3.05, 3.63) is 114 Å². The van der Waals surface area contributed by atoms with E-state index in [0.717, 1.165) is 5.56 Å². The van der Waals surface area contributed by atoms with Crippen LogP contribution in [-0.4, -0.2) is 17.7 Å². The third kappa shape index (κ3) is 5.88. The Morgan fingerprint density at radius 3 is 1.86 bits per heavy atom. The summed E-state index contributed by atoms with van der Waals surface area (Å²) in [5.74, 6) is -0.913. The van der Waals surface area contributed by atoms with Crippen LogP contribution >= 0.6 is 0 Å². The van der Waals surface area contributed by atoms with E-state index < -0.39 is 5.91 Å². The molecule has 0 aliphatic carbocycles. The molecule has 0 unspecified atom stereocenters. The summed E-state index contributed by atoms with van der Waals surface area (Å²) in [7, 11) is 0. The van der Waals surface area contributed by atoms with Gasteiger partial charge in [0.15, 0.2) is 5.76 Å². The lowest BCUT2D eigenvalue weighted by Crippen LogP contribution is -2.17. The van der Waals surface area contributed by atoms with Crippen molar-refractivity contribution in [3.8, 4) is 0 Å². The first-order valence-electron chi connectivity index (χ1n) is 11.5. The number of amides is 3. The van der Waals surface area contributed by atoms with E-state index in [2.05, 4.69) is 36.7 Å². The Hall–Kier alpha value is -4.65. The van der Waals surface area contributed by atoms with E-state index in [1.807, 2.05) is 12.1 Å². The predicted octanol–water partition coefficient (Wildman–Crippen LogP) is 6.33. The average molecular weight is 482 g/mol. The summed E-state index contributed by atoms with van der Waals surface area (Å²) in [6.07, 6.45) is 1.41. The summed E-state index contributed by atoms with van der Waals surface area (Å²) in [5.41, 5.74) is 3.35. The van der Waals surface area contributed by atoms with Crippen molar-refractivity contribution in [2.24, 2.45) is 0 Å². The van der Waals surface area contributed by atoms with Crippen LogP contribution in [0, 0.1) is 0 Å². The molecule has 1 aromatic heterocycles. The van der Waals surface area contributed by atoms with Crippen LogP contribution in [0.4, 0.5) is 17.1 Å². The van der Waals surface area contributed by atoms with Crippen molar-refractivity contribution < 1.29 is 18.8 Å². The third-order valence-electron chi connectivity index (χ3n) is 5.56. The molecule has 0 spiro atoms. The fourth-order valence-electron chi connectivity index (χ4n) is 3.55. The molecule has 1 heterocycles. The van der Waals surface area contributed by atoms with Gasteiger partial charge in [0.25, 0.3) is 17.7 Å². The highest BCUT2D eigenvalue weighted by Gasteiger charge is 2.16. The van der Waals surface area contributed by atoms with Crippen molar-refractivity contribution >= 4 is 34.8 Å². The number of carbonyl (C=O) groups excluding carboxylic acids is 3. The molecule has 182 valence electrons. The minimum Gasteiger partial charge on any atom is -0.459 e. The number of furan rings is 1. The fraction of sp³-hybridized carbons (Fsp3) is 0.138. The number of hydrogen-bond acceptors (Lipinski definition) is 4. The molecule has 4 rings (SSSR count). The van der Waals surface area contributed by atoms with Crippen LogP contribution in [0.2, 0.25) is 0 Å². The average Bonchev–Trinajstić information content (AvgIpc) is 3.40. The minimum absolute atomic E-state index is 0.00916. The first kappa shape index (κ1) is 24.5. The molecule has 0 saturated carbocycles. The Labute approximate surface area is 209 Å². The van der Waals surface area contributed by atoms with Gasteiger partial charge < -0.3 is 20.4 Å². The standard InChI is InChI=1S/C29H27N3O4/c1-29(2,3)21-15-13-19(14-16-21)26(33)31-23-10-4-5-11-24(23)32-27(34)20-8-6-9-22(18-20)30-28(35)25-12-7-17-36-25/h4-18H,1-3H3,(H,30,35)(H,31,33)(H,32,34). The smallest absolute Gasteiger partial charge is 0.291 e. The molecule has 3 aromatic carbocycles. The Morgan fingerprint density at radius 2 is 1.28 bits per heavy atom. The van der Waals surface area contributed by atoms with E-state index in [1.165, 1.54) is 6.26 Å². The van der Waals surface area contributed by atoms with E-state index in [1.54, 1.807) is 72.8 Å². The van der Waals surface area contributed by atoms with E-state index in [-0.39, 0.29) is 23.0 Å². The lowest BCUT2D eigenvalue weighted by molar-refractivity contribution is 0.0992. The van der Waals surface area contributed by atoms with E-state index in [0.29, 0.717) is 28.2 Å². The van der Waals surface area contributed by atoms with Crippen molar-refractivity contribution in [1.29, 1.82) is 0 Å². The highest BCUT2D eigenvalue weighted by atomic mass is 16.3. The van der Waals surface area contributed by atoms with Crippen LogP contribution in [-0.2, 0) is 5.41 Å². The van der Waals surface area contributed by atoms with Gasteiger partial charge in [-0.05, 0) is 65.6 Å². The first-order chi connectivity index (χ1) is 17.2. The second-order valence-electron chi connectivity index (χ2n) is 9.29. The molecule has 3 amide bonds. The molecule has 0 radical (unpaired) electrons. The normalized spacial score (nSPS) is 11.0. The zero-order valence-corrected chi connectivity index (χ0v) is 20.3. The fourth-order valence-corrected chi connectivity index (χ4v) is 3.55. The Balaban J connectivity index is 1.46. The van der Waals surface area contributed by atoms with Gasteiger partial charge in [-0.2, -0.15) is 0 Å². The molecule has 0 fully saturated rings. The summed E-state index contributed by atoms with van der Waals surface area (Å²) in [6.45, 7) is 6.34. The number of anilines is 3. The number of carbonyl (C=O) groups is 3. The molecule has 7 nitrogen and oxygen atoms in total.